The molecule has 0 aliphatic rings. The summed E-state index contributed by atoms with van der Waals surface area (Å²) in [6.45, 7) is -0.752. The third kappa shape index (κ3) is 5.40. The Balaban J connectivity index is 2.16. The van der Waals surface area contributed by atoms with Crippen LogP contribution in [-0.2, 0) is 21.4 Å². The molecule has 0 bridgehead atoms. The van der Waals surface area contributed by atoms with Gasteiger partial charge >= 0.3 is 0 Å². The minimum atomic E-state index is -3.74. The van der Waals surface area contributed by atoms with Crippen LogP contribution >= 0.6 is 23.2 Å². The van der Waals surface area contributed by atoms with Crippen molar-refractivity contribution in [2.75, 3.05) is 18.1 Å². The molecule has 2 rings (SSSR count). The highest BCUT2D eigenvalue weighted by molar-refractivity contribution is 7.88. The summed E-state index contributed by atoms with van der Waals surface area (Å²) >= 11 is 11.9. The van der Waals surface area contributed by atoms with E-state index in [9.17, 15) is 17.6 Å². The molecule has 0 saturated carbocycles. The number of benzene rings is 2. The number of carbonyl (C=O) groups excluding carboxylic acids is 1. The van der Waals surface area contributed by atoms with Crippen molar-refractivity contribution in [3.05, 3.63) is 63.9 Å². The van der Waals surface area contributed by atoms with Gasteiger partial charge in [0.05, 0.1) is 28.5 Å². The molecule has 0 saturated heterocycles. The average Bonchev–Trinajstić information content (AvgIpc) is 2.52. The van der Waals surface area contributed by atoms with Gasteiger partial charge in [-0.15, -0.1) is 0 Å². The molecule has 0 radical (unpaired) electrons. The fourth-order valence-electron chi connectivity index (χ4n) is 2.06. The Morgan fingerprint density at radius 3 is 2.48 bits per heavy atom. The molecule has 0 atom stereocenters. The van der Waals surface area contributed by atoms with Gasteiger partial charge in [0.1, 0.15) is 5.82 Å². The first-order valence-electron chi connectivity index (χ1n) is 7.11. The zero-order valence-electron chi connectivity index (χ0n) is 13.2. The highest BCUT2D eigenvalue weighted by Gasteiger charge is 2.22. The number of anilines is 1. The second-order valence-electron chi connectivity index (χ2n) is 5.27. The lowest BCUT2D eigenvalue weighted by Gasteiger charge is -2.20. The highest BCUT2D eigenvalue weighted by atomic mass is 35.5. The van der Waals surface area contributed by atoms with E-state index in [1.54, 1.807) is 18.2 Å². The Morgan fingerprint density at radius 1 is 1.16 bits per heavy atom. The van der Waals surface area contributed by atoms with E-state index in [1.165, 1.54) is 24.3 Å². The molecule has 0 spiro atoms. The van der Waals surface area contributed by atoms with E-state index in [0.717, 1.165) is 10.6 Å². The molecule has 0 unspecified atom stereocenters. The number of hydrogen-bond acceptors (Lipinski definition) is 3. The van der Waals surface area contributed by atoms with Crippen molar-refractivity contribution in [3.8, 4) is 0 Å². The number of amides is 1. The number of carbonyl (C=O) groups is 1. The molecule has 25 heavy (non-hydrogen) atoms. The van der Waals surface area contributed by atoms with E-state index in [-0.39, 0.29) is 27.8 Å². The Bertz CT molecular complexity index is 891. The van der Waals surface area contributed by atoms with Crippen LogP contribution in [0.3, 0.4) is 0 Å². The van der Waals surface area contributed by atoms with E-state index >= 15 is 0 Å². The number of nitrogens with one attached hydrogen (secondary N) is 1. The Kier molecular flexibility index (Phi) is 6.40. The zero-order chi connectivity index (χ0) is 18.6. The number of sulfonamides is 1. The van der Waals surface area contributed by atoms with Crippen LogP contribution in [0.25, 0.3) is 0 Å². The van der Waals surface area contributed by atoms with Crippen molar-refractivity contribution in [2.45, 2.75) is 6.54 Å². The lowest BCUT2D eigenvalue weighted by molar-refractivity contribution is -0.116. The molecule has 2 aromatic carbocycles. The van der Waals surface area contributed by atoms with Crippen molar-refractivity contribution >= 4 is 44.8 Å². The van der Waals surface area contributed by atoms with Crippen LogP contribution < -0.4 is 5.32 Å². The van der Waals surface area contributed by atoms with E-state index in [1.807, 2.05) is 0 Å². The number of hydrogen-bond donors (Lipinski definition) is 1. The predicted octanol–water partition coefficient (Wildman–Crippen LogP) is 3.53. The molecule has 134 valence electrons. The molecular formula is C16H15Cl2FN2O3S. The summed E-state index contributed by atoms with van der Waals surface area (Å²) in [5.41, 5.74) is 0.431. The largest absolute Gasteiger partial charge is 0.324 e. The van der Waals surface area contributed by atoms with Gasteiger partial charge in [-0.2, -0.15) is 4.31 Å². The first kappa shape index (κ1) is 19.7. The molecular weight excluding hydrogens is 390 g/mol. The lowest BCUT2D eigenvalue weighted by Crippen LogP contribution is -2.37. The maximum absolute atomic E-state index is 13.8. The number of halogens is 3. The van der Waals surface area contributed by atoms with Gasteiger partial charge in [-0.1, -0.05) is 47.5 Å². The maximum atomic E-state index is 13.8. The van der Waals surface area contributed by atoms with Crippen molar-refractivity contribution in [1.82, 2.24) is 4.31 Å². The Labute approximate surface area is 155 Å². The van der Waals surface area contributed by atoms with Crippen molar-refractivity contribution in [2.24, 2.45) is 0 Å². The molecule has 5 nitrogen and oxygen atoms in total. The molecule has 2 aromatic rings. The van der Waals surface area contributed by atoms with Crippen LogP contribution in [0.2, 0.25) is 10.0 Å². The van der Waals surface area contributed by atoms with Gasteiger partial charge in [0.15, 0.2) is 0 Å². The van der Waals surface area contributed by atoms with Crippen LogP contribution in [0.1, 0.15) is 5.56 Å². The van der Waals surface area contributed by atoms with Gasteiger partial charge in [0.25, 0.3) is 0 Å². The average molecular weight is 405 g/mol. The summed E-state index contributed by atoms with van der Waals surface area (Å²) < 4.78 is 38.5. The standard InChI is InChI=1S/C16H15Cl2FN2O3S/c1-25(23,24)21(9-11-5-2-3-7-13(11)19)10-15(22)20-14-8-4-6-12(17)16(14)18/h2-8H,9-10H2,1H3,(H,20,22). The quantitative estimate of drug-likeness (QED) is 0.800. The van der Waals surface area contributed by atoms with Crippen LogP contribution in [0.15, 0.2) is 42.5 Å². The zero-order valence-corrected chi connectivity index (χ0v) is 15.5. The minimum Gasteiger partial charge on any atom is -0.324 e. The summed E-state index contributed by atoms with van der Waals surface area (Å²) in [5.74, 6) is -1.17. The third-order valence-electron chi connectivity index (χ3n) is 3.32. The lowest BCUT2D eigenvalue weighted by atomic mass is 10.2. The van der Waals surface area contributed by atoms with E-state index < -0.39 is 28.3 Å². The highest BCUT2D eigenvalue weighted by Crippen LogP contribution is 2.29. The summed E-state index contributed by atoms with van der Waals surface area (Å²) in [7, 11) is -3.74. The minimum absolute atomic E-state index is 0.150. The SMILES string of the molecule is CS(=O)(=O)N(CC(=O)Nc1cccc(Cl)c1Cl)Cc1ccccc1F. The molecule has 0 aromatic heterocycles. The van der Waals surface area contributed by atoms with Gasteiger partial charge in [-0.25, -0.2) is 12.8 Å². The first-order chi connectivity index (χ1) is 11.7. The van der Waals surface area contributed by atoms with Crippen molar-refractivity contribution in [3.63, 3.8) is 0 Å². The third-order valence-corrected chi connectivity index (χ3v) is 5.33. The molecule has 1 amide bonds. The van der Waals surface area contributed by atoms with E-state index in [2.05, 4.69) is 5.32 Å². The van der Waals surface area contributed by atoms with Crippen LogP contribution in [0.4, 0.5) is 10.1 Å². The Morgan fingerprint density at radius 2 is 1.84 bits per heavy atom. The second-order valence-corrected chi connectivity index (χ2v) is 8.04. The van der Waals surface area contributed by atoms with Crippen molar-refractivity contribution in [1.29, 1.82) is 0 Å². The second kappa shape index (κ2) is 8.14. The van der Waals surface area contributed by atoms with Crippen LogP contribution in [0, 0.1) is 5.82 Å². The summed E-state index contributed by atoms with van der Waals surface area (Å²) in [5, 5.41) is 2.90. The molecule has 9 heteroatoms. The number of nitrogens with zero attached hydrogens (tertiary/aromatic N) is 1. The van der Waals surface area contributed by atoms with Crippen molar-refractivity contribution < 1.29 is 17.6 Å². The monoisotopic (exact) mass is 404 g/mol. The summed E-state index contributed by atoms with van der Waals surface area (Å²) in [6.07, 6.45) is 0.952. The molecule has 0 heterocycles. The van der Waals surface area contributed by atoms with Gasteiger partial charge in [0, 0.05) is 12.1 Å². The van der Waals surface area contributed by atoms with Crippen LogP contribution in [0.5, 0.6) is 0 Å². The van der Waals surface area contributed by atoms with Gasteiger partial charge in [0.2, 0.25) is 15.9 Å². The van der Waals surface area contributed by atoms with Gasteiger partial charge in [-0.05, 0) is 18.2 Å². The van der Waals surface area contributed by atoms with Gasteiger partial charge < -0.3 is 5.32 Å². The normalized spacial score (nSPS) is 11.6. The Hall–Kier alpha value is -1.67. The van der Waals surface area contributed by atoms with Crippen LogP contribution in [-0.4, -0.2) is 31.4 Å². The van der Waals surface area contributed by atoms with E-state index in [0.29, 0.717) is 0 Å². The van der Waals surface area contributed by atoms with E-state index in [4.69, 9.17) is 23.2 Å². The first-order valence-corrected chi connectivity index (χ1v) is 9.71. The molecule has 0 aliphatic heterocycles. The molecule has 0 aliphatic carbocycles. The number of rotatable bonds is 6. The fourth-order valence-corrected chi connectivity index (χ4v) is 3.13. The molecule has 1 N–H and O–H groups in total. The van der Waals surface area contributed by atoms with Gasteiger partial charge in [-0.3, -0.25) is 4.79 Å². The topological polar surface area (TPSA) is 66.5 Å². The summed E-state index contributed by atoms with van der Waals surface area (Å²) in [6, 6.07) is 10.5. The summed E-state index contributed by atoms with van der Waals surface area (Å²) in [4.78, 5) is 12.2. The maximum Gasteiger partial charge on any atom is 0.239 e. The fraction of sp³-hybridized carbons (Fsp3) is 0.188. The smallest absolute Gasteiger partial charge is 0.239 e. The molecule has 0 fully saturated rings. The predicted molar refractivity (Wildman–Crippen MR) is 96.7 cm³/mol.